The van der Waals surface area contributed by atoms with Gasteiger partial charge in [0.05, 0.1) is 0 Å². The monoisotopic (exact) mass is 691 g/mol. The van der Waals surface area contributed by atoms with Gasteiger partial charge in [0.1, 0.15) is 11.2 Å². The number of anilines is 3. The molecule has 1 aliphatic rings. The largest absolute Gasteiger partial charge is 0.455 e. The van der Waals surface area contributed by atoms with Gasteiger partial charge in [0.25, 0.3) is 0 Å². The Kier molecular flexibility index (Phi) is 8.00. The van der Waals surface area contributed by atoms with Gasteiger partial charge in [-0.2, -0.15) is 0 Å². The predicted molar refractivity (Wildman–Crippen MR) is 228 cm³/mol. The number of rotatable bonds is 7. The third kappa shape index (κ3) is 5.70. The van der Waals surface area contributed by atoms with Crippen LogP contribution in [0.2, 0.25) is 0 Å². The summed E-state index contributed by atoms with van der Waals surface area (Å²) in [5.74, 6) is 0. The van der Waals surface area contributed by atoms with Crippen LogP contribution in [0.25, 0.3) is 72.5 Å². The van der Waals surface area contributed by atoms with E-state index in [1.54, 1.807) is 0 Å². The van der Waals surface area contributed by atoms with E-state index in [1.807, 2.05) is 0 Å². The van der Waals surface area contributed by atoms with Crippen LogP contribution in [0.3, 0.4) is 0 Å². The first-order valence-corrected chi connectivity index (χ1v) is 18.7. The number of benzene rings is 8. The van der Waals surface area contributed by atoms with Crippen molar-refractivity contribution in [1.29, 1.82) is 0 Å². The Bertz CT molecular complexity index is 2770. The quantitative estimate of drug-likeness (QED) is 0.165. The molecule has 0 N–H and O–H groups in total. The van der Waals surface area contributed by atoms with Crippen LogP contribution in [0.1, 0.15) is 17.5 Å². The Hall–Kier alpha value is -6.90. The van der Waals surface area contributed by atoms with E-state index in [0.717, 1.165) is 85.2 Å². The maximum absolute atomic E-state index is 6.89. The van der Waals surface area contributed by atoms with Gasteiger partial charge in [0.2, 0.25) is 0 Å². The summed E-state index contributed by atoms with van der Waals surface area (Å²) >= 11 is 0. The van der Waals surface area contributed by atoms with E-state index in [1.165, 1.54) is 22.3 Å². The fourth-order valence-electron chi connectivity index (χ4n) is 8.12. The topological polar surface area (TPSA) is 16.4 Å². The maximum atomic E-state index is 6.89. The maximum Gasteiger partial charge on any atom is 0.143 e. The lowest BCUT2D eigenvalue weighted by atomic mass is 9.89. The molecule has 8 aromatic carbocycles. The van der Waals surface area contributed by atoms with E-state index in [0.29, 0.717) is 0 Å². The Morgan fingerprint density at radius 3 is 1.59 bits per heavy atom. The van der Waals surface area contributed by atoms with Gasteiger partial charge in [-0.05, 0) is 99.8 Å². The van der Waals surface area contributed by atoms with Crippen molar-refractivity contribution in [3.05, 3.63) is 205 Å². The molecule has 0 saturated heterocycles. The molecule has 0 saturated carbocycles. The zero-order chi connectivity index (χ0) is 35.8. The van der Waals surface area contributed by atoms with Gasteiger partial charge in [-0.1, -0.05) is 158 Å². The molecule has 54 heavy (non-hydrogen) atoms. The minimum Gasteiger partial charge on any atom is -0.455 e. The van der Waals surface area contributed by atoms with Crippen LogP contribution in [0, 0.1) is 0 Å². The van der Waals surface area contributed by atoms with Crippen molar-refractivity contribution in [3.8, 4) is 44.5 Å². The molecule has 0 radical (unpaired) electrons. The highest BCUT2D eigenvalue weighted by molar-refractivity contribution is 6.13. The van der Waals surface area contributed by atoms with Crippen LogP contribution in [-0.4, -0.2) is 0 Å². The minimum atomic E-state index is 0.907. The van der Waals surface area contributed by atoms with Gasteiger partial charge in [-0.15, -0.1) is 0 Å². The number of nitrogens with zero attached hydrogens (tertiary/aromatic N) is 1. The summed E-state index contributed by atoms with van der Waals surface area (Å²) in [4.78, 5) is 2.31. The normalized spacial score (nSPS) is 12.2. The van der Waals surface area contributed by atoms with Crippen molar-refractivity contribution >= 4 is 45.1 Å². The molecule has 2 heteroatoms. The van der Waals surface area contributed by atoms with Gasteiger partial charge < -0.3 is 9.32 Å². The molecule has 9 aromatic rings. The second kappa shape index (κ2) is 13.6. The van der Waals surface area contributed by atoms with E-state index >= 15 is 0 Å². The highest BCUT2D eigenvalue weighted by atomic mass is 16.3. The van der Waals surface area contributed by atoms with Gasteiger partial charge in [-0.25, -0.2) is 0 Å². The van der Waals surface area contributed by atoms with Crippen molar-refractivity contribution in [1.82, 2.24) is 0 Å². The second-order valence-corrected chi connectivity index (χ2v) is 14.0. The molecule has 0 atom stereocenters. The number of allylic oxidation sites excluding steroid dienone is 1. The number of hydrogen-bond donors (Lipinski definition) is 0. The molecule has 0 bridgehead atoms. The molecule has 0 aliphatic heterocycles. The summed E-state index contributed by atoms with van der Waals surface area (Å²) in [6.45, 7) is 0. The third-order valence-electron chi connectivity index (χ3n) is 10.7. The Morgan fingerprint density at radius 2 is 0.907 bits per heavy atom. The number of furan rings is 1. The molecule has 256 valence electrons. The first-order valence-electron chi connectivity index (χ1n) is 18.7. The first kappa shape index (κ1) is 31.8. The average molecular weight is 692 g/mol. The molecule has 0 unspecified atom stereocenters. The number of aryl methyl sites for hydroxylation is 1. The smallest absolute Gasteiger partial charge is 0.143 e. The Balaban J connectivity index is 1.02. The van der Waals surface area contributed by atoms with Crippen LogP contribution in [0.4, 0.5) is 17.1 Å². The van der Waals surface area contributed by atoms with Crippen molar-refractivity contribution in [3.63, 3.8) is 0 Å². The third-order valence-corrected chi connectivity index (χ3v) is 10.7. The number of fused-ring (bicyclic) bond motifs is 4. The van der Waals surface area contributed by atoms with Crippen LogP contribution in [0.15, 0.2) is 199 Å². The van der Waals surface area contributed by atoms with Gasteiger partial charge in [0, 0.05) is 39.0 Å². The molecule has 0 amide bonds. The summed E-state index contributed by atoms with van der Waals surface area (Å²) in [5, 5.41) is 2.25. The summed E-state index contributed by atoms with van der Waals surface area (Å²) in [7, 11) is 0. The molecule has 1 heterocycles. The summed E-state index contributed by atoms with van der Waals surface area (Å²) in [6, 6.07) is 67.4. The second-order valence-electron chi connectivity index (χ2n) is 14.0. The average Bonchev–Trinajstić information content (AvgIpc) is 3.64. The lowest BCUT2D eigenvalue weighted by Gasteiger charge is -2.26. The van der Waals surface area contributed by atoms with E-state index in [4.69, 9.17) is 4.42 Å². The van der Waals surface area contributed by atoms with Crippen molar-refractivity contribution < 1.29 is 4.42 Å². The zero-order valence-corrected chi connectivity index (χ0v) is 29.8. The highest BCUT2D eigenvalue weighted by Gasteiger charge is 2.18. The standard InChI is InChI=1S/C52H37NO/c1-3-19-42(20-4-1)53(43-21-5-2-6-22-43)44-23-10-17-40(35-44)39-16-9-18-41(34-39)48-27-13-29-50-49-28-12-26-47(51(49)54-52(48)50)38-32-30-37(31-33-38)46-25-11-15-36-14-7-8-24-45(36)46/h1-6,8-13,15-35H,7,14H2. The number of hydrogen-bond acceptors (Lipinski definition) is 2. The fraction of sp³-hybridized carbons (Fsp3) is 0.0385. The van der Waals surface area contributed by atoms with Crippen LogP contribution in [0.5, 0.6) is 0 Å². The van der Waals surface area contributed by atoms with Crippen LogP contribution >= 0.6 is 0 Å². The van der Waals surface area contributed by atoms with E-state index in [-0.39, 0.29) is 0 Å². The number of para-hydroxylation sites is 4. The molecule has 1 aromatic heterocycles. The van der Waals surface area contributed by atoms with E-state index < -0.39 is 0 Å². The van der Waals surface area contributed by atoms with Crippen molar-refractivity contribution in [2.24, 2.45) is 0 Å². The van der Waals surface area contributed by atoms with Crippen LogP contribution < -0.4 is 4.90 Å². The Morgan fingerprint density at radius 1 is 0.389 bits per heavy atom. The van der Waals surface area contributed by atoms with E-state index in [2.05, 4.69) is 205 Å². The zero-order valence-electron chi connectivity index (χ0n) is 29.8. The summed E-state index contributed by atoms with van der Waals surface area (Å²) < 4.78 is 6.89. The SMILES string of the molecule is C1=Cc2c(cccc2-c2ccc(-c3cccc4c3oc3c(-c5cccc(-c6cccc(N(c7ccccc7)c7ccccc7)c6)c5)cccc34)cc2)CC1. The van der Waals surface area contributed by atoms with Crippen molar-refractivity contribution in [2.75, 3.05) is 4.90 Å². The van der Waals surface area contributed by atoms with Gasteiger partial charge in [-0.3, -0.25) is 0 Å². The fourth-order valence-corrected chi connectivity index (χ4v) is 8.12. The summed E-state index contributed by atoms with van der Waals surface area (Å²) in [5.41, 5.74) is 17.2. The predicted octanol–water partition coefficient (Wildman–Crippen LogP) is 14.7. The molecule has 0 spiro atoms. The molecular weight excluding hydrogens is 655 g/mol. The van der Waals surface area contributed by atoms with Gasteiger partial charge >= 0.3 is 0 Å². The molecule has 10 rings (SSSR count). The molecule has 0 fully saturated rings. The Labute approximate surface area is 315 Å². The highest BCUT2D eigenvalue weighted by Crippen LogP contribution is 2.42. The lowest BCUT2D eigenvalue weighted by Crippen LogP contribution is -2.09. The van der Waals surface area contributed by atoms with E-state index in [9.17, 15) is 0 Å². The van der Waals surface area contributed by atoms with Crippen molar-refractivity contribution in [2.45, 2.75) is 12.8 Å². The first-order chi connectivity index (χ1) is 26.8. The van der Waals surface area contributed by atoms with Gasteiger partial charge in [0.15, 0.2) is 0 Å². The molecular formula is C52H37NO. The molecule has 2 nitrogen and oxygen atoms in total. The van der Waals surface area contributed by atoms with Crippen LogP contribution in [-0.2, 0) is 6.42 Å². The molecule has 1 aliphatic carbocycles. The summed E-state index contributed by atoms with van der Waals surface area (Å²) in [6.07, 6.45) is 6.79. The lowest BCUT2D eigenvalue weighted by molar-refractivity contribution is 0.671. The minimum absolute atomic E-state index is 0.907.